The van der Waals surface area contributed by atoms with Crippen LogP contribution in [0.5, 0.6) is 0 Å². The van der Waals surface area contributed by atoms with E-state index in [9.17, 15) is 18.5 Å². The zero-order valence-corrected chi connectivity index (χ0v) is 18.2. The Labute approximate surface area is 189 Å². The van der Waals surface area contributed by atoms with Crippen LogP contribution >= 0.6 is 11.6 Å². The van der Waals surface area contributed by atoms with Gasteiger partial charge in [-0.1, -0.05) is 23.7 Å². The van der Waals surface area contributed by atoms with Crippen LogP contribution in [0.15, 0.2) is 76.7 Å². The first kappa shape index (κ1) is 22.7. The van der Waals surface area contributed by atoms with Crippen molar-refractivity contribution in [2.45, 2.75) is 11.8 Å². The monoisotopic (exact) mass is 469 g/mol. The molecule has 0 aliphatic heterocycles. The lowest BCUT2D eigenvalue weighted by Gasteiger charge is -2.10. The number of hydrogen-bond acceptors (Lipinski definition) is 7. The molecule has 0 unspecified atom stereocenters. The number of anilines is 2. The van der Waals surface area contributed by atoms with Crippen LogP contribution in [0.25, 0.3) is 0 Å². The van der Waals surface area contributed by atoms with Gasteiger partial charge in [-0.15, -0.1) is 0 Å². The highest BCUT2D eigenvalue weighted by atomic mass is 35.5. The van der Waals surface area contributed by atoms with Gasteiger partial charge in [0.25, 0.3) is 15.7 Å². The summed E-state index contributed by atoms with van der Waals surface area (Å²) in [5, 5.41) is 25.0. The second kappa shape index (κ2) is 9.47. The minimum Gasteiger partial charge on any atom is -0.280 e. The molecule has 0 saturated carbocycles. The summed E-state index contributed by atoms with van der Waals surface area (Å²) in [6.45, 7) is 1.69. The van der Waals surface area contributed by atoms with Gasteiger partial charge < -0.3 is 0 Å². The normalized spacial score (nSPS) is 11.5. The second-order valence-corrected chi connectivity index (χ2v) is 8.67. The summed E-state index contributed by atoms with van der Waals surface area (Å²) in [5.74, 6) is 0. The Kier molecular flexibility index (Phi) is 6.73. The number of sulfonamides is 1. The summed E-state index contributed by atoms with van der Waals surface area (Å²) < 4.78 is 27.6. The van der Waals surface area contributed by atoms with Crippen LogP contribution in [0.4, 0.5) is 17.1 Å². The number of nitrogens with zero attached hydrogens (tertiary/aromatic N) is 3. The molecule has 2 N–H and O–H groups in total. The molecule has 0 amide bonds. The van der Waals surface area contributed by atoms with Crippen molar-refractivity contribution in [2.24, 2.45) is 5.10 Å². The lowest BCUT2D eigenvalue weighted by Crippen LogP contribution is -2.13. The van der Waals surface area contributed by atoms with Crippen molar-refractivity contribution < 1.29 is 13.3 Å². The van der Waals surface area contributed by atoms with Gasteiger partial charge in [0.1, 0.15) is 5.69 Å². The maximum Gasteiger partial charge on any atom is 0.295 e. The third-order valence-corrected chi connectivity index (χ3v) is 5.98. The van der Waals surface area contributed by atoms with Gasteiger partial charge >= 0.3 is 0 Å². The number of rotatable bonds is 7. The van der Waals surface area contributed by atoms with E-state index in [0.29, 0.717) is 21.9 Å². The molecule has 0 aliphatic carbocycles. The van der Waals surface area contributed by atoms with Crippen LogP contribution in [0.2, 0.25) is 5.02 Å². The van der Waals surface area contributed by atoms with Crippen LogP contribution in [-0.4, -0.2) is 19.1 Å². The molecule has 0 aliphatic rings. The average molecular weight is 470 g/mol. The van der Waals surface area contributed by atoms with Crippen molar-refractivity contribution in [3.05, 3.63) is 93.0 Å². The Bertz CT molecular complexity index is 1330. The third-order valence-electron chi connectivity index (χ3n) is 4.35. The smallest absolute Gasteiger partial charge is 0.280 e. The van der Waals surface area contributed by atoms with E-state index in [-0.39, 0.29) is 16.3 Å². The zero-order chi connectivity index (χ0) is 23.3. The molecular weight excluding hydrogens is 454 g/mol. The van der Waals surface area contributed by atoms with Crippen molar-refractivity contribution in [1.29, 1.82) is 5.26 Å². The minimum atomic E-state index is -4.07. The van der Waals surface area contributed by atoms with Crippen LogP contribution in [0.3, 0.4) is 0 Å². The van der Waals surface area contributed by atoms with Crippen molar-refractivity contribution in [3.63, 3.8) is 0 Å². The van der Waals surface area contributed by atoms with E-state index >= 15 is 0 Å². The van der Waals surface area contributed by atoms with Gasteiger partial charge in [0.2, 0.25) is 0 Å². The quantitative estimate of drug-likeness (QED) is 0.290. The summed E-state index contributed by atoms with van der Waals surface area (Å²) in [4.78, 5) is 10.6. The largest absolute Gasteiger partial charge is 0.295 e. The predicted octanol–water partition coefficient (Wildman–Crippen LogP) is 4.76. The number of nitro groups is 1. The number of halogens is 1. The van der Waals surface area contributed by atoms with E-state index in [1.165, 1.54) is 36.4 Å². The fraction of sp³-hybridized carbons (Fsp3) is 0.0476. The topological polar surface area (TPSA) is 137 Å². The lowest BCUT2D eigenvalue weighted by molar-refractivity contribution is -0.384. The maximum atomic E-state index is 12.6. The molecule has 0 radical (unpaired) electrons. The molecule has 162 valence electrons. The van der Waals surface area contributed by atoms with E-state index in [2.05, 4.69) is 15.2 Å². The molecule has 3 aromatic carbocycles. The third kappa shape index (κ3) is 5.40. The first-order valence-corrected chi connectivity index (χ1v) is 10.9. The molecule has 0 spiro atoms. The van der Waals surface area contributed by atoms with Crippen LogP contribution < -0.4 is 10.1 Å². The molecule has 0 bridgehead atoms. The molecule has 11 heteroatoms. The van der Waals surface area contributed by atoms with E-state index in [1.54, 1.807) is 31.2 Å². The molecule has 0 fully saturated rings. The number of hydrogen-bond donors (Lipinski definition) is 2. The Morgan fingerprint density at radius 2 is 1.75 bits per heavy atom. The summed E-state index contributed by atoms with van der Waals surface area (Å²) in [5.41, 5.74) is 4.16. The fourth-order valence-electron chi connectivity index (χ4n) is 2.65. The van der Waals surface area contributed by atoms with Crippen LogP contribution in [0, 0.1) is 21.4 Å². The highest BCUT2D eigenvalue weighted by Gasteiger charge is 2.21. The summed E-state index contributed by atoms with van der Waals surface area (Å²) in [7, 11) is -4.07. The number of nitro benzene ring substituents is 1. The Balaban J connectivity index is 1.86. The van der Waals surface area contributed by atoms with Crippen LogP contribution in [0.1, 0.15) is 18.1 Å². The molecule has 0 heterocycles. The first-order valence-electron chi connectivity index (χ1n) is 9.07. The van der Waals surface area contributed by atoms with Gasteiger partial charge in [0.15, 0.2) is 0 Å². The highest BCUT2D eigenvalue weighted by molar-refractivity contribution is 7.92. The van der Waals surface area contributed by atoms with Crippen LogP contribution in [-0.2, 0) is 10.0 Å². The van der Waals surface area contributed by atoms with Gasteiger partial charge in [-0.2, -0.15) is 10.4 Å². The van der Waals surface area contributed by atoms with Crippen molar-refractivity contribution in [2.75, 3.05) is 10.1 Å². The van der Waals surface area contributed by atoms with E-state index < -0.39 is 20.6 Å². The SMILES string of the molecule is CC(=NNc1ccc(S(=O)(=O)Nc2ccc(Cl)cc2)cc1[N+](=O)[O-])c1ccc(C#N)cc1. The Morgan fingerprint density at radius 1 is 1.09 bits per heavy atom. The number of hydrazone groups is 1. The van der Waals surface area contributed by atoms with Crippen molar-refractivity contribution >= 4 is 44.4 Å². The van der Waals surface area contributed by atoms with Gasteiger partial charge in [0, 0.05) is 16.8 Å². The lowest BCUT2D eigenvalue weighted by atomic mass is 10.1. The van der Waals surface area contributed by atoms with Gasteiger partial charge in [-0.3, -0.25) is 20.3 Å². The van der Waals surface area contributed by atoms with E-state index in [0.717, 1.165) is 6.07 Å². The maximum absolute atomic E-state index is 12.6. The van der Waals surface area contributed by atoms with Gasteiger partial charge in [-0.05, 0) is 61.0 Å². The molecular formula is C21H16ClN5O4S. The molecule has 32 heavy (non-hydrogen) atoms. The highest BCUT2D eigenvalue weighted by Crippen LogP contribution is 2.29. The van der Waals surface area contributed by atoms with Gasteiger partial charge in [0.05, 0.1) is 27.2 Å². The van der Waals surface area contributed by atoms with E-state index in [1.807, 2.05) is 6.07 Å². The fourth-order valence-corrected chi connectivity index (χ4v) is 3.86. The molecule has 0 saturated heterocycles. The molecule has 9 nitrogen and oxygen atoms in total. The number of benzene rings is 3. The van der Waals surface area contributed by atoms with Crippen molar-refractivity contribution in [3.8, 4) is 6.07 Å². The number of nitrogens with one attached hydrogen (secondary N) is 2. The summed E-state index contributed by atoms with van der Waals surface area (Å²) in [6, 6.07) is 18.1. The summed E-state index contributed by atoms with van der Waals surface area (Å²) in [6.07, 6.45) is 0. The summed E-state index contributed by atoms with van der Waals surface area (Å²) >= 11 is 5.79. The van der Waals surface area contributed by atoms with Crippen molar-refractivity contribution in [1.82, 2.24) is 0 Å². The van der Waals surface area contributed by atoms with E-state index in [4.69, 9.17) is 16.9 Å². The second-order valence-electron chi connectivity index (χ2n) is 6.55. The Morgan fingerprint density at radius 3 is 2.34 bits per heavy atom. The standard InChI is InChI=1S/C21H16ClN5O4S/c1-14(16-4-2-15(13-23)3-5-16)24-25-20-11-10-19(12-21(20)27(28)29)32(30,31)26-18-8-6-17(22)7-9-18/h2-12,25-26H,1H3. The average Bonchev–Trinajstić information content (AvgIpc) is 2.78. The minimum absolute atomic E-state index is 0.0217. The zero-order valence-electron chi connectivity index (χ0n) is 16.6. The first-order chi connectivity index (χ1) is 15.2. The molecule has 3 rings (SSSR count). The molecule has 0 atom stereocenters. The number of nitriles is 1. The predicted molar refractivity (Wildman–Crippen MR) is 122 cm³/mol. The van der Waals surface area contributed by atoms with Gasteiger partial charge in [-0.25, -0.2) is 8.42 Å². The molecule has 3 aromatic rings. The molecule has 0 aromatic heterocycles. The Hall–Kier alpha value is -3.94.